The van der Waals surface area contributed by atoms with Crippen molar-refractivity contribution in [3.63, 3.8) is 0 Å². The maximum atomic E-state index is 13.3. The van der Waals surface area contributed by atoms with Gasteiger partial charge in [0.2, 0.25) is 5.91 Å². The zero-order valence-electron chi connectivity index (χ0n) is 20.1. The first-order chi connectivity index (χ1) is 17.5. The number of carbonyl (C=O) groups excluding carboxylic acids is 3. The van der Waals surface area contributed by atoms with Gasteiger partial charge in [0.15, 0.2) is 0 Å². The first-order valence-corrected chi connectivity index (χ1v) is 11.6. The van der Waals surface area contributed by atoms with Gasteiger partial charge in [0, 0.05) is 12.5 Å². The molecular formula is C29H30N2O5. The molecule has 0 spiro atoms. The third-order valence-corrected chi connectivity index (χ3v) is 5.40. The van der Waals surface area contributed by atoms with Crippen LogP contribution in [0.2, 0.25) is 0 Å². The number of hydrogen-bond acceptors (Lipinski definition) is 5. The average Bonchev–Trinajstić information content (AvgIpc) is 2.91. The number of ether oxygens (including phenoxy) is 2. The van der Waals surface area contributed by atoms with Crippen LogP contribution >= 0.6 is 0 Å². The van der Waals surface area contributed by atoms with Gasteiger partial charge in [-0.3, -0.25) is 4.79 Å². The van der Waals surface area contributed by atoms with E-state index in [-0.39, 0.29) is 13.0 Å². The second-order valence-electron chi connectivity index (χ2n) is 8.14. The van der Waals surface area contributed by atoms with Crippen LogP contribution in [0.3, 0.4) is 0 Å². The highest BCUT2D eigenvalue weighted by molar-refractivity contribution is 5.87. The lowest BCUT2D eigenvalue weighted by Crippen LogP contribution is -2.51. The van der Waals surface area contributed by atoms with Gasteiger partial charge in [0.1, 0.15) is 12.6 Å². The minimum Gasteiger partial charge on any atom is -0.466 e. The van der Waals surface area contributed by atoms with Crippen molar-refractivity contribution >= 4 is 18.0 Å². The van der Waals surface area contributed by atoms with E-state index in [1.54, 1.807) is 6.08 Å². The molecule has 3 rings (SSSR count). The van der Waals surface area contributed by atoms with Gasteiger partial charge < -0.3 is 20.1 Å². The molecule has 0 heterocycles. The smallest absolute Gasteiger partial charge is 0.408 e. The monoisotopic (exact) mass is 486 g/mol. The summed E-state index contributed by atoms with van der Waals surface area (Å²) in [6, 6.07) is 26.9. The molecule has 3 aromatic rings. The van der Waals surface area contributed by atoms with E-state index in [9.17, 15) is 14.4 Å². The number of rotatable bonds is 11. The zero-order chi connectivity index (χ0) is 25.6. The maximum Gasteiger partial charge on any atom is 0.408 e. The Kier molecular flexibility index (Phi) is 10.3. The molecule has 0 aliphatic rings. The third-order valence-electron chi connectivity index (χ3n) is 5.40. The fraction of sp³-hybridized carbons (Fsp3) is 0.207. The largest absolute Gasteiger partial charge is 0.466 e. The van der Waals surface area contributed by atoms with Gasteiger partial charge >= 0.3 is 12.1 Å². The molecule has 2 amide bonds. The average molecular weight is 487 g/mol. The lowest BCUT2D eigenvalue weighted by molar-refractivity contribution is -0.135. The standard InChI is InChI=1S/C29H30N2O5/c1-35-27(32)18-17-25(19-22-11-5-2-6-12-22)30-28(33)26(20-23-13-7-3-8-14-23)31-29(34)36-21-24-15-9-4-10-16-24/h2-18,25-26H,19-21H2,1H3,(H,30,33)(H,31,34)/b18-17+/t25?,26-/m0/s1. The van der Waals surface area contributed by atoms with Crippen LogP contribution in [0.15, 0.2) is 103 Å². The number of alkyl carbamates (subject to hydrolysis) is 1. The fourth-order valence-corrected chi connectivity index (χ4v) is 3.55. The van der Waals surface area contributed by atoms with E-state index in [1.807, 2.05) is 91.0 Å². The van der Waals surface area contributed by atoms with Crippen molar-refractivity contribution in [2.45, 2.75) is 31.5 Å². The predicted molar refractivity (Wildman–Crippen MR) is 137 cm³/mol. The van der Waals surface area contributed by atoms with Crippen LogP contribution < -0.4 is 10.6 Å². The molecule has 36 heavy (non-hydrogen) atoms. The first kappa shape index (κ1) is 26.2. The Labute approximate surface area is 211 Å². The normalized spacial score (nSPS) is 12.4. The lowest BCUT2D eigenvalue weighted by Gasteiger charge is -2.22. The van der Waals surface area contributed by atoms with E-state index in [2.05, 4.69) is 15.4 Å². The molecule has 0 aromatic heterocycles. The molecule has 0 bridgehead atoms. The number of esters is 1. The van der Waals surface area contributed by atoms with Crippen molar-refractivity contribution in [3.05, 3.63) is 120 Å². The van der Waals surface area contributed by atoms with Gasteiger partial charge in [-0.05, 0) is 23.1 Å². The predicted octanol–water partition coefficient (Wildman–Crippen LogP) is 3.98. The molecule has 0 fully saturated rings. The quantitative estimate of drug-likeness (QED) is 0.316. The Morgan fingerprint density at radius 3 is 1.83 bits per heavy atom. The molecule has 2 atom stereocenters. The van der Waals surface area contributed by atoms with Crippen molar-refractivity contribution in [2.24, 2.45) is 0 Å². The molecule has 2 N–H and O–H groups in total. The second-order valence-corrected chi connectivity index (χ2v) is 8.14. The highest BCUT2D eigenvalue weighted by Gasteiger charge is 2.24. The highest BCUT2D eigenvalue weighted by atomic mass is 16.5. The van der Waals surface area contributed by atoms with E-state index < -0.39 is 30.1 Å². The van der Waals surface area contributed by atoms with Crippen molar-refractivity contribution in [1.29, 1.82) is 0 Å². The summed E-state index contributed by atoms with van der Waals surface area (Å²) in [6.45, 7) is 0.0881. The summed E-state index contributed by atoms with van der Waals surface area (Å²) in [5, 5.41) is 5.63. The molecule has 0 aliphatic heterocycles. The summed E-state index contributed by atoms with van der Waals surface area (Å²) < 4.78 is 10.0. The number of amides is 2. The van der Waals surface area contributed by atoms with Crippen LogP contribution in [0.5, 0.6) is 0 Å². The topological polar surface area (TPSA) is 93.7 Å². The van der Waals surface area contributed by atoms with Gasteiger partial charge in [-0.1, -0.05) is 97.1 Å². The minimum absolute atomic E-state index is 0.0881. The van der Waals surface area contributed by atoms with E-state index in [1.165, 1.54) is 13.2 Å². The van der Waals surface area contributed by atoms with Gasteiger partial charge in [0.25, 0.3) is 0 Å². The van der Waals surface area contributed by atoms with E-state index in [0.29, 0.717) is 6.42 Å². The molecule has 0 radical (unpaired) electrons. The van der Waals surface area contributed by atoms with Crippen LogP contribution in [-0.4, -0.2) is 37.2 Å². The molecular weight excluding hydrogens is 456 g/mol. The SMILES string of the molecule is COC(=O)/C=C/C(Cc1ccccc1)NC(=O)[C@H](Cc1ccccc1)NC(=O)OCc1ccccc1. The van der Waals surface area contributed by atoms with Crippen LogP contribution in [0.25, 0.3) is 0 Å². The number of carbonyl (C=O) groups is 3. The Morgan fingerprint density at radius 1 is 0.750 bits per heavy atom. The van der Waals surface area contributed by atoms with Crippen LogP contribution in [-0.2, 0) is 38.5 Å². The summed E-state index contributed by atoms with van der Waals surface area (Å²) in [4.78, 5) is 37.6. The third kappa shape index (κ3) is 9.10. The van der Waals surface area contributed by atoms with E-state index in [0.717, 1.165) is 16.7 Å². The van der Waals surface area contributed by atoms with Crippen molar-refractivity contribution in [1.82, 2.24) is 10.6 Å². The number of methoxy groups -OCH3 is 1. The summed E-state index contributed by atoms with van der Waals surface area (Å²) in [7, 11) is 1.29. The molecule has 0 saturated carbocycles. The molecule has 186 valence electrons. The van der Waals surface area contributed by atoms with Gasteiger partial charge in [0.05, 0.1) is 13.2 Å². The molecule has 7 heteroatoms. The Hall–Kier alpha value is -4.39. The summed E-state index contributed by atoms with van der Waals surface area (Å²) in [6.07, 6.45) is 2.90. The van der Waals surface area contributed by atoms with Gasteiger partial charge in [-0.2, -0.15) is 0 Å². The molecule has 0 aliphatic carbocycles. The Bertz CT molecular complexity index is 1130. The summed E-state index contributed by atoms with van der Waals surface area (Å²) >= 11 is 0. The van der Waals surface area contributed by atoms with Gasteiger partial charge in [-0.15, -0.1) is 0 Å². The maximum absolute atomic E-state index is 13.3. The van der Waals surface area contributed by atoms with Crippen LogP contribution in [0, 0.1) is 0 Å². The minimum atomic E-state index is -0.888. The molecule has 0 saturated heterocycles. The lowest BCUT2D eigenvalue weighted by atomic mass is 10.0. The highest BCUT2D eigenvalue weighted by Crippen LogP contribution is 2.08. The molecule has 7 nitrogen and oxygen atoms in total. The van der Waals surface area contributed by atoms with Crippen LogP contribution in [0.1, 0.15) is 16.7 Å². The number of nitrogens with one attached hydrogen (secondary N) is 2. The first-order valence-electron chi connectivity index (χ1n) is 11.6. The Balaban J connectivity index is 1.72. The summed E-state index contributed by atoms with van der Waals surface area (Å²) in [5.74, 6) is -0.920. The van der Waals surface area contributed by atoms with Crippen molar-refractivity contribution in [2.75, 3.05) is 7.11 Å². The number of hydrogen-bond donors (Lipinski definition) is 2. The van der Waals surface area contributed by atoms with Gasteiger partial charge in [-0.25, -0.2) is 9.59 Å². The number of benzene rings is 3. The van der Waals surface area contributed by atoms with Crippen LogP contribution in [0.4, 0.5) is 4.79 Å². The zero-order valence-corrected chi connectivity index (χ0v) is 20.1. The molecule has 1 unspecified atom stereocenters. The van der Waals surface area contributed by atoms with E-state index in [4.69, 9.17) is 4.74 Å². The second kappa shape index (κ2) is 14.1. The summed E-state index contributed by atoms with van der Waals surface area (Å²) in [5.41, 5.74) is 2.70. The van der Waals surface area contributed by atoms with Crippen molar-refractivity contribution < 1.29 is 23.9 Å². The Morgan fingerprint density at radius 2 is 1.28 bits per heavy atom. The molecule has 3 aromatic carbocycles. The van der Waals surface area contributed by atoms with Crippen molar-refractivity contribution in [3.8, 4) is 0 Å². The fourth-order valence-electron chi connectivity index (χ4n) is 3.55. The van der Waals surface area contributed by atoms with E-state index >= 15 is 0 Å².